The lowest BCUT2D eigenvalue weighted by atomic mass is 10.1. The summed E-state index contributed by atoms with van der Waals surface area (Å²) in [6.07, 6.45) is 3.79. The molecule has 0 N–H and O–H groups in total. The summed E-state index contributed by atoms with van der Waals surface area (Å²) in [5, 5.41) is 1.14. The average Bonchev–Trinajstić information content (AvgIpc) is 3.16. The molecule has 4 rings (SSSR count). The molecule has 3 heterocycles. The monoisotopic (exact) mass is 393 g/mol. The second-order valence-electron chi connectivity index (χ2n) is 7.01. The number of nitrogens with zero attached hydrogens (tertiary/aromatic N) is 5. The quantitative estimate of drug-likeness (QED) is 0.630. The van der Waals surface area contributed by atoms with Gasteiger partial charge in [-0.25, -0.2) is 9.97 Å². The van der Waals surface area contributed by atoms with Crippen molar-refractivity contribution in [3.63, 3.8) is 0 Å². The van der Waals surface area contributed by atoms with Crippen molar-refractivity contribution in [2.75, 3.05) is 37.7 Å². The molecule has 1 saturated heterocycles. The van der Waals surface area contributed by atoms with Crippen molar-refractivity contribution < 1.29 is 14.3 Å². The highest BCUT2D eigenvalue weighted by atomic mass is 16.5. The number of aromatic nitrogens is 3. The zero-order valence-corrected chi connectivity index (χ0v) is 16.5. The van der Waals surface area contributed by atoms with Gasteiger partial charge in [0.25, 0.3) is 5.91 Å². The molecule has 0 bridgehead atoms. The predicted octanol–water partition coefficient (Wildman–Crippen LogP) is 1.94. The van der Waals surface area contributed by atoms with Gasteiger partial charge in [0.05, 0.1) is 5.52 Å². The Kier molecular flexibility index (Phi) is 5.16. The number of amides is 1. The maximum Gasteiger partial charge on any atom is 0.303 e. The van der Waals surface area contributed by atoms with Crippen LogP contribution in [0.25, 0.3) is 16.7 Å². The van der Waals surface area contributed by atoms with Crippen LogP contribution in [0.1, 0.15) is 12.7 Å². The zero-order chi connectivity index (χ0) is 20.4. The first-order valence-corrected chi connectivity index (χ1v) is 9.59. The van der Waals surface area contributed by atoms with Gasteiger partial charge < -0.3 is 19.1 Å². The summed E-state index contributed by atoms with van der Waals surface area (Å²) in [5.41, 5.74) is 2.22. The molecule has 0 radical (unpaired) electrons. The van der Waals surface area contributed by atoms with E-state index in [9.17, 15) is 9.59 Å². The number of anilines is 1. The largest absolute Gasteiger partial charge is 0.456 e. The summed E-state index contributed by atoms with van der Waals surface area (Å²) in [6, 6.07) is 10.2. The lowest BCUT2D eigenvalue weighted by Gasteiger charge is -2.36. The fourth-order valence-electron chi connectivity index (χ4n) is 3.66. The van der Waals surface area contributed by atoms with Crippen molar-refractivity contribution in [3.8, 4) is 5.82 Å². The van der Waals surface area contributed by atoms with Crippen LogP contribution in [-0.4, -0.2) is 64.1 Å². The summed E-state index contributed by atoms with van der Waals surface area (Å²) in [5.74, 6) is 0.982. The van der Waals surface area contributed by atoms with Crippen molar-refractivity contribution in [2.24, 2.45) is 0 Å². The van der Waals surface area contributed by atoms with E-state index in [0.29, 0.717) is 13.1 Å². The van der Waals surface area contributed by atoms with Crippen LogP contribution >= 0.6 is 0 Å². The van der Waals surface area contributed by atoms with Gasteiger partial charge >= 0.3 is 5.97 Å². The molecule has 150 valence electrons. The lowest BCUT2D eigenvalue weighted by molar-refractivity contribution is -0.150. The molecule has 1 aromatic carbocycles. The van der Waals surface area contributed by atoms with Crippen molar-refractivity contribution in [3.05, 3.63) is 48.5 Å². The number of hydrogen-bond donors (Lipinski definition) is 0. The van der Waals surface area contributed by atoms with Crippen molar-refractivity contribution in [2.45, 2.75) is 13.8 Å². The highest BCUT2D eigenvalue weighted by molar-refractivity contribution is 5.94. The molecule has 0 spiro atoms. The first-order chi connectivity index (χ1) is 14.0. The molecule has 8 nitrogen and oxygen atoms in total. The van der Waals surface area contributed by atoms with Gasteiger partial charge in [-0.3, -0.25) is 9.59 Å². The molecule has 0 unspecified atom stereocenters. The van der Waals surface area contributed by atoms with Gasteiger partial charge in [-0.2, -0.15) is 0 Å². The van der Waals surface area contributed by atoms with Crippen LogP contribution in [0.4, 0.5) is 5.69 Å². The zero-order valence-electron chi connectivity index (χ0n) is 16.5. The lowest BCUT2D eigenvalue weighted by Crippen LogP contribution is -2.49. The molecule has 1 fully saturated rings. The highest BCUT2D eigenvalue weighted by Gasteiger charge is 2.23. The summed E-state index contributed by atoms with van der Waals surface area (Å²) in [4.78, 5) is 35.8. The van der Waals surface area contributed by atoms with E-state index in [1.807, 2.05) is 25.3 Å². The van der Waals surface area contributed by atoms with Crippen molar-refractivity contribution in [1.82, 2.24) is 19.4 Å². The molecule has 29 heavy (non-hydrogen) atoms. The van der Waals surface area contributed by atoms with E-state index in [2.05, 4.69) is 37.6 Å². The number of rotatable bonds is 4. The summed E-state index contributed by atoms with van der Waals surface area (Å²) in [7, 11) is 0. The Morgan fingerprint density at radius 2 is 1.90 bits per heavy atom. The van der Waals surface area contributed by atoms with Gasteiger partial charge in [0, 0.05) is 56.6 Å². The average molecular weight is 393 g/mol. The van der Waals surface area contributed by atoms with Gasteiger partial charge in [0.2, 0.25) is 0 Å². The van der Waals surface area contributed by atoms with Crippen LogP contribution in [-0.2, 0) is 14.3 Å². The molecular formula is C21H23N5O3. The third kappa shape index (κ3) is 3.91. The maximum absolute atomic E-state index is 12.2. The molecule has 8 heteroatoms. The van der Waals surface area contributed by atoms with E-state index in [0.717, 1.165) is 41.3 Å². The molecule has 1 aliphatic rings. The molecule has 1 amide bonds. The fraction of sp³-hybridized carbons (Fsp3) is 0.333. The topological polar surface area (TPSA) is 80.6 Å². The van der Waals surface area contributed by atoms with Gasteiger partial charge in [-0.05, 0) is 31.2 Å². The summed E-state index contributed by atoms with van der Waals surface area (Å²) < 4.78 is 6.88. The molecular weight excluding hydrogens is 370 g/mol. The Morgan fingerprint density at radius 3 is 2.62 bits per heavy atom. The number of benzene rings is 1. The van der Waals surface area contributed by atoms with Crippen LogP contribution in [0.5, 0.6) is 0 Å². The van der Waals surface area contributed by atoms with Gasteiger partial charge in [0.1, 0.15) is 11.6 Å². The maximum atomic E-state index is 12.2. The predicted molar refractivity (Wildman–Crippen MR) is 109 cm³/mol. The number of aryl methyl sites for hydroxylation is 1. The fourth-order valence-corrected chi connectivity index (χ4v) is 3.66. The van der Waals surface area contributed by atoms with Crippen LogP contribution < -0.4 is 4.90 Å². The first kappa shape index (κ1) is 18.9. The van der Waals surface area contributed by atoms with Crippen LogP contribution in [0.2, 0.25) is 0 Å². The van der Waals surface area contributed by atoms with E-state index in [1.54, 1.807) is 11.1 Å². The number of carbonyl (C=O) groups is 2. The van der Waals surface area contributed by atoms with Gasteiger partial charge in [-0.15, -0.1) is 0 Å². The molecule has 1 aliphatic heterocycles. The Hall–Kier alpha value is -3.42. The number of hydrogen-bond acceptors (Lipinski definition) is 6. The number of fused-ring (bicyclic) bond motifs is 1. The summed E-state index contributed by atoms with van der Waals surface area (Å²) in [6.45, 7) is 5.64. The highest BCUT2D eigenvalue weighted by Crippen LogP contribution is 2.30. The van der Waals surface area contributed by atoms with Crippen LogP contribution in [0.3, 0.4) is 0 Å². The van der Waals surface area contributed by atoms with Crippen molar-refractivity contribution >= 4 is 28.5 Å². The first-order valence-electron chi connectivity index (χ1n) is 9.59. The number of ether oxygens (including phenoxy) is 1. The molecule has 2 aromatic heterocycles. The van der Waals surface area contributed by atoms with E-state index in [1.165, 1.54) is 6.92 Å². The van der Waals surface area contributed by atoms with Gasteiger partial charge in [-0.1, -0.05) is 6.07 Å². The number of carbonyl (C=O) groups excluding carboxylic acids is 2. The molecule has 0 saturated carbocycles. The Labute approximate surface area is 168 Å². The smallest absolute Gasteiger partial charge is 0.303 e. The SMILES string of the molecule is CC(=O)OCC(=O)N1CCN(c2cccc3c2ccn3-c2ccnc(C)n2)CC1. The normalized spacial score (nSPS) is 14.3. The van der Waals surface area contributed by atoms with E-state index >= 15 is 0 Å². The number of piperazine rings is 1. The Balaban J connectivity index is 1.52. The Bertz CT molecular complexity index is 1050. The second-order valence-corrected chi connectivity index (χ2v) is 7.01. The van der Waals surface area contributed by atoms with Gasteiger partial charge in [0.15, 0.2) is 6.61 Å². The minimum Gasteiger partial charge on any atom is -0.456 e. The third-order valence-electron chi connectivity index (χ3n) is 5.09. The van der Waals surface area contributed by atoms with Crippen LogP contribution in [0.15, 0.2) is 42.7 Å². The van der Waals surface area contributed by atoms with Crippen molar-refractivity contribution in [1.29, 1.82) is 0 Å². The summed E-state index contributed by atoms with van der Waals surface area (Å²) >= 11 is 0. The Morgan fingerprint density at radius 1 is 1.10 bits per heavy atom. The van der Waals surface area contributed by atoms with E-state index in [4.69, 9.17) is 4.74 Å². The molecule has 0 aliphatic carbocycles. The molecule has 3 aromatic rings. The second kappa shape index (κ2) is 7.90. The van der Waals surface area contributed by atoms with Crippen LogP contribution in [0, 0.1) is 6.92 Å². The third-order valence-corrected chi connectivity index (χ3v) is 5.09. The number of esters is 1. The standard InChI is InChI=1S/C21H23N5O3/c1-15-22-8-6-20(23-15)26-9-7-17-18(4-3-5-19(17)26)24-10-12-25(13-11-24)21(28)14-29-16(2)27/h3-9H,10-14H2,1-2H3. The minimum atomic E-state index is -0.438. The minimum absolute atomic E-state index is 0.150. The van der Waals surface area contributed by atoms with E-state index < -0.39 is 5.97 Å². The van der Waals surface area contributed by atoms with E-state index in [-0.39, 0.29) is 12.5 Å². The molecule has 0 atom stereocenters.